The van der Waals surface area contributed by atoms with Gasteiger partial charge < -0.3 is 10.2 Å². The third-order valence-corrected chi connectivity index (χ3v) is 4.77. The van der Waals surface area contributed by atoms with Gasteiger partial charge in [-0.25, -0.2) is 4.39 Å². The Labute approximate surface area is 160 Å². The monoisotopic (exact) mass is 367 g/mol. The van der Waals surface area contributed by atoms with Crippen molar-refractivity contribution >= 4 is 12.0 Å². The van der Waals surface area contributed by atoms with E-state index in [2.05, 4.69) is 46.4 Å². The maximum Gasteiger partial charge on any atom is 0.244 e. The number of rotatable bonds is 6. The van der Waals surface area contributed by atoms with Crippen molar-refractivity contribution in [3.8, 4) is 0 Å². The van der Waals surface area contributed by atoms with E-state index in [0.717, 1.165) is 38.3 Å². The van der Waals surface area contributed by atoms with Gasteiger partial charge in [0, 0.05) is 45.3 Å². The molecule has 0 saturated carbocycles. The van der Waals surface area contributed by atoms with Crippen LogP contribution < -0.4 is 5.32 Å². The molecule has 0 atom stereocenters. The predicted octanol–water partition coefficient (Wildman–Crippen LogP) is 2.90. The molecule has 1 aliphatic rings. The molecule has 0 unspecified atom stereocenters. The summed E-state index contributed by atoms with van der Waals surface area (Å²) >= 11 is 0. The second-order valence-corrected chi connectivity index (χ2v) is 7.00. The summed E-state index contributed by atoms with van der Waals surface area (Å²) in [5.74, 6) is -0.505. The summed E-state index contributed by atoms with van der Waals surface area (Å²) in [5, 5.41) is 2.85. The maximum atomic E-state index is 13.1. The number of nitrogens with zero attached hydrogens (tertiary/aromatic N) is 2. The fraction of sp³-hybridized carbons (Fsp3) is 0.318. The number of halogens is 1. The quantitative estimate of drug-likeness (QED) is 0.798. The molecular formula is C22H26FN3O. The van der Waals surface area contributed by atoms with Crippen molar-refractivity contribution in [2.24, 2.45) is 0 Å². The SMILES string of the molecule is CN1CCN(Cc2ccc(CNC(=O)/C=C/c3cccc(F)c3)cc2)CC1. The third kappa shape index (κ3) is 6.31. The molecule has 0 spiro atoms. The zero-order valence-corrected chi connectivity index (χ0v) is 15.7. The molecule has 1 amide bonds. The first-order chi connectivity index (χ1) is 13.1. The Morgan fingerprint density at radius 2 is 1.78 bits per heavy atom. The van der Waals surface area contributed by atoms with Crippen LogP contribution in [0.4, 0.5) is 4.39 Å². The molecule has 3 rings (SSSR count). The summed E-state index contributed by atoms with van der Waals surface area (Å²) in [4.78, 5) is 16.7. The summed E-state index contributed by atoms with van der Waals surface area (Å²) in [6.45, 7) is 5.89. The Kier molecular flexibility index (Phi) is 6.74. The molecule has 1 N–H and O–H groups in total. The molecule has 1 heterocycles. The van der Waals surface area contributed by atoms with E-state index in [-0.39, 0.29) is 11.7 Å². The van der Waals surface area contributed by atoms with E-state index in [0.29, 0.717) is 12.1 Å². The molecule has 1 saturated heterocycles. The maximum absolute atomic E-state index is 13.1. The van der Waals surface area contributed by atoms with Crippen LogP contribution in [0.1, 0.15) is 16.7 Å². The van der Waals surface area contributed by atoms with Gasteiger partial charge in [-0.1, -0.05) is 36.4 Å². The number of hydrogen-bond donors (Lipinski definition) is 1. The van der Waals surface area contributed by atoms with Crippen molar-refractivity contribution in [2.45, 2.75) is 13.1 Å². The van der Waals surface area contributed by atoms with E-state index in [1.165, 1.54) is 23.8 Å². The predicted molar refractivity (Wildman–Crippen MR) is 106 cm³/mol. The normalized spacial score (nSPS) is 15.9. The lowest BCUT2D eigenvalue weighted by Gasteiger charge is -2.32. The van der Waals surface area contributed by atoms with Gasteiger partial charge in [-0.15, -0.1) is 0 Å². The zero-order valence-electron chi connectivity index (χ0n) is 15.7. The topological polar surface area (TPSA) is 35.6 Å². The Hall–Kier alpha value is -2.50. The third-order valence-electron chi connectivity index (χ3n) is 4.77. The molecule has 1 fully saturated rings. The second kappa shape index (κ2) is 9.44. The van der Waals surface area contributed by atoms with E-state index in [4.69, 9.17) is 0 Å². The Bertz CT molecular complexity index is 780. The number of likely N-dealkylation sites (N-methyl/N-ethyl adjacent to an activating group) is 1. The summed E-state index contributed by atoms with van der Waals surface area (Å²) in [5.41, 5.74) is 3.02. The fourth-order valence-corrected chi connectivity index (χ4v) is 3.06. The first-order valence-electron chi connectivity index (χ1n) is 9.29. The van der Waals surface area contributed by atoms with Gasteiger partial charge in [-0.2, -0.15) is 0 Å². The molecule has 27 heavy (non-hydrogen) atoms. The van der Waals surface area contributed by atoms with Gasteiger partial charge in [0.15, 0.2) is 0 Å². The van der Waals surface area contributed by atoms with Gasteiger partial charge in [0.1, 0.15) is 5.82 Å². The number of nitrogens with one attached hydrogen (secondary N) is 1. The van der Waals surface area contributed by atoms with Crippen molar-refractivity contribution in [2.75, 3.05) is 33.2 Å². The molecule has 0 bridgehead atoms. The highest BCUT2D eigenvalue weighted by molar-refractivity contribution is 5.91. The number of piperazine rings is 1. The number of benzene rings is 2. The van der Waals surface area contributed by atoms with Crippen LogP contribution in [0.25, 0.3) is 6.08 Å². The van der Waals surface area contributed by atoms with Gasteiger partial charge in [0.25, 0.3) is 0 Å². The molecule has 5 heteroatoms. The molecular weight excluding hydrogens is 341 g/mol. The highest BCUT2D eigenvalue weighted by Gasteiger charge is 2.13. The standard InChI is InChI=1S/C22H26FN3O/c1-25-11-13-26(14-12-25)17-20-7-5-19(6-8-20)16-24-22(27)10-9-18-3-2-4-21(23)15-18/h2-10,15H,11-14,16-17H2,1H3,(H,24,27)/b10-9+. The lowest BCUT2D eigenvalue weighted by Crippen LogP contribution is -2.43. The lowest BCUT2D eigenvalue weighted by atomic mass is 10.1. The average Bonchev–Trinajstić information content (AvgIpc) is 2.68. The highest BCUT2D eigenvalue weighted by Crippen LogP contribution is 2.10. The zero-order chi connectivity index (χ0) is 19.1. The van der Waals surface area contributed by atoms with Crippen LogP contribution in [0.3, 0.4) is 0 Å². The second-order valence-electron chi connectivity index (χ2n) is 7.00. The first-order valence-corrected chi connectivity index (χ1v) is 9.29. The fourth-order valence-electron chi connectivity index (χ4n) is 3.06. The molecule has 0 aliphatic carbocycles. The van der Waals surface area contributed by atoms with Crippen molar-refractivity contribution in [3.05, 3.63) is 77.1 Å². The molecule has 2 aromatic carbocycles. The molecule has 2 aromatic rings. The van der Waals surface area contributed by atoms with Gasteiger partial charge >= 0.3 is 0 Å². The van der Waals surface area contributed by atoms with Gasteiger partial charge in [-0.05, 0) is 41.9 Å². The summed E-state index contributed by atoms with van der Waals surface area (Å²) < 4.78 is 13.1. The number of amides is 1. The van der Waals surface area contributed by atoms with Crippen LogP contribution in [-0.4, -0.2) is 48.9 Å². The van der Waals surface area contributed by atoms with Crippen LogP contribution in [0.2, 0.25) is 0 Å². The molecule has 142 valence electrons. The average molecular weight is 367 g/mol. The van der Waals surface area contributed by atoms with Crippen LogP contribution in [-0.2, 0) is 17.9 Å². The first kappa shape index (κ1) is 19.3. The van der Waals surface area contributed by atoms with Gasteiger partial charge in [-0.3, -0.25) is 9.69 Å². The van der Waals surface area contributed by atoms with Crippen LogP contribution in [0, 0.1) is 5.82 Å². The smallest absolute Gasteiger partial charge is 0.244 e. The van der Waals surface area contributed by atoms with Crippen LogP contribution in [0.5, 0.6) is 0 Å². The van der Waals surface area contributed by atoms with Crippen molar-refractivity contribution < 1.29 is 9.18 Å². The summed E-state index contributed by atoms with van der Waals surface area (Å²) in [6.07, 6.45) is 3.04. The van der Waals surface area contributed by atoms with Crippen molar-refractivity contribution in [1.82, 2.24) is 15.1 Å². The number of carbonyl (C=O) groups is 1. The molecule has 1 aliphatic heterocycles. The van der Waals surface area contributed by atoms with E-state index < -0.39 is 0 Å². The number of carbonyl (C=O) groups excluding carboxylic acids is 1. The Morgan fingerprint density at radius 1 is 1.07 bits per heavy atom. The summed E-state index contributed by atoms with van der Waals surface area (Å²) in [7, 11) is 2.16. The molecule has 0 aromatic heterocycles. The van der Waals surface area contributed by atoms with Crippen molar-refractivity contribution in [3.63, 3.8) is 0 Å². The van der Waals surface area contributed by atoms with Gasteiger partial charge in [0.05, 0.1) is 0 Å². The van der Waals surface area contributed by atoms with E-state index in [9.17, 15) is 9.18 Å². The van der Waals surface area contributed by atoms with Gasteiger partial charge in [0.2, 0.25) is 5.91 Å². The molecule has 4 nitrogen and oxygen atoms in total. The Morgan fingerprint density at radius 3 is 2.48 bits per heavy atom. The lowest BCUT2D eigenvalue weighted by molar-refractivity contribution is -0.116. The minimum atomic E-state index is -0.311. The van der Waals surface area contributed by atoms with Crippen molar-refractivity contribution in [1.29, 1.82) is 0 Å². The largest absolute Gasteiger partial charge is 0.348 e. The minimum absolute atomic E-state index is 0.194. The van der Waals surface area contributed by atoms with E-state index in [1.807, 2.05) is 0 Å². The number of hydrogen-bond acceptors (Lipinski definition) is 3. The van der Waals surface area contributed by atoms with Crippen LogP contribution >= 0.6 is 0 Å². The Balaban J connectivity index is 1.45. The van der Waals surface area contributed by atoms with Crippen LogP contribution in [0.15, 0.2) is 54.6 Å². The minimum Gasteiger partial charge on any atom is -0.348 e. The molecule has 0 radical (unpaired) electrons. The summed E-state index contributed by atoms with van der Waals surface area (Å²) in [6, 6.07) is 14.5. The highest BCUT2D eigenvalue weighted by atomic mass is 19.1. The van der Waals surface area contributed by atoms with E-state index >= 15 is 0 Å². The van der Waals surface area contributed by atoms with E-state index in [1.54, 1.807) is 18.2 Å².